The molecule has 0 unspecified atom stereocenters. The van der Waals surface area contributed by atoms with E-state index in [0.717, 1.165) is 5.57 Å². The Labute approximate surface area is 38.3 Å². The molecule has 0 amide bonds. The molecular weight excluding hydrogens is 76.1 g/mol. The zero-order valence-electron chi connectivity index (χ0n) is 3.94. The third-order valence-electron chi connectivity index (χ3n) is 0.611. The SMILES string of the molecule is [CH2]C(=CC)CO. The highest BCUT2D eigenvalue weighted by atomic mass is 16.3. The van der Waals surface area contributed by atoms with Crippen LogP contribution in [0.5, 0.6) is 0 Å². The van der Waals surface area contributed by atoms with E-state index in [-0.39, 0.29) is 6.61 Å². The first-order valence-corrected chi connectivity index (χ1v) is 1.89. The van der Waals surface area contributed by atoms with Crippen LogP contribution in [-0.4, -0.2) is 11.7 Å². The first-order chi connectivity index (χ1) is 2.81. The van der Waals surface area contributed by atoms with Crippen molar-refractivity contribution in [1.82, 2.24) is 0 Å². The van der Waals surface area contributed by atoms with Gasteiger partial charge >= 0.3 is 0 Å². The van der Waals surface area contributed by atoms with Gasteiger partial charge < -0.3 is 5.11 Å². The lowest BCUT2D eigenvalue weighted by Gasteiger charge is -1.84. The summed E-state index contributed by atoms with van der Waals surface area (Å²) in [5.74, 6) is 0. The van der Waals surface area contributed by atoms with Gasteiger partial charge in [0.15, 0.2) is 0 Å². The third-order valence-corrected chi connectivity index (χ3v) is 0.611. The average molecular weight is 85.1 g/mol. The monoisotopic (exact) mass is 85.1 g/mol. The lowest BCUT2D eigenvalue weighted by Crippen LogP contribution is -1.80. The minimum Gasteiger partial charge on any atom is -0.392 e. The maximum Gasteiger partial charge on any atom is 0.0641 e. The molecular formula is C5H9O. The highest BCUT2D eigenvalue weighted by Gasteiger charge is 1.74. The Morgan fingerprint density at radius 3 is 2.50 bits per heavy atom. The summed E-state index contributed by atoms with van der Waals surface area (Å²) in [5, 5.41) is 8.20. The summed E-state index contributed by atoms with van der Waals surface area (Å²) < 4.78 is 0. The second-order valence-corrected chi connectivity index (χ2v) is 1.11. The molecule has 0 aliphatic rings. The summed E-state index contributed by atoms with van der Waals surface area (Å²) in [6, 6.07) is 0. The molecule has 0 rings (SSSR count). The van der Waals surface area contributed by atoms with Crippen LogP contribution in [0.1, 0.15) is 6.92 Å². The second-order valence-electron chi connectivity index (χ2n) is 1.11. The molecule has 0 aliphatic heterocycles. The Bertz CT molecular complexity index is 55.0. The summed E-state index contributed by atoms with van der Waals surface area (Å²) in [5.41, 5.74) is 0.773. The van der Waals surface area contributed by atoms with E-state index in [9.17, 15) is 0 Å². The third kappa shape index (κ3) is 1.97. The zero-order chi connectivity index (χ0) is 4.99. The van der Waals surface area contributed by atoms with E-state index < -0.39 is 0 Å². The highest BCUT2D eigenvalue weighted by molar-refractivity contribution is 5.02. The van der Waals surface area contributed by atoms with Gasteiger partial charge in [-0.25, -0.2) is 0 Å². The van der Waals surface area contributed by atoms with Gasteiger partial charge in [0.25, 0.3) is 0 Å². The topological polar surface area (TPSA) is 20.2 Å². The predicted octanol–water partition coefficient (Wildman–Crippen LogP) is 0.759. The molecule has 1 heteroatoms. The molecule has 0 atom stereocenters. The quantitative estimate of drug-likeness (QED) is 0.498. The molecule has 0 heterocycles. The lowest BCUT2D eigenvalue weighted by molar-refractivity contribution is 0.334. The van der Waals surface area contributed by atoms with Crippen LogP contribution in [0.2, 0.25) is 0 Å². The van der Waals surface area contributed by atoms with Crippen molar-refractivity contribution in [2.75, 3.05) is 6.61 Å². The fourth-order valence-corrected chi connectivity index (χ4v) is 0.0913. The molecule has 0 spiro atoms. The summed E-state index contributed by atoms with van der Waals surface area (Å²) in [6.45, 7) is 5.41. The highest BCUT2D eigenvalue weighted by Crippen LogP contribution is 1.83. The van der Waals surface area contributed by atoms with Crippen molar-refractivity contribution in [3.8, 4) is 0 Å². The molecule has 1 nitrogen and oxygen atoms in total. The number of rotatable bonds is 1. The molecule has 0 aromatic carbocycles. The summed E-state index contributed by atoms with van der Waals surface area (Å²) in [7, 11) is 0. The number of hydrogen-bond acceptors (Lipinski definition) is 1. The molecule has 1 N–H and O–H groups in total. The van der Waals surface area contributed by atoms with Crippen molar-refractivity contribution in [2.24, 2.45) is 0 Å². The van der Waals surface area contributed by atoms with E-state index in [0.29, 0.717) is 0 Å². The Morgan fingerprint density at radius 1 is 2.00 bits per heavy atom. The van der Waals surface area contributed by atoms with Gasteiger partial charge in [0.2, 0.25) is 0 Å². The van der Waals surface area contributed by atoms with Crippen LogP contribution < -0.4 is 0 Å². The van der Waals surface area contributed by atoms with Gasteiger partial charge in [-0.3, -0.25) is 0 Å². The molecule has 0 aromatic heterocycles. The van der Waals surface area contributed by atoms with Gasteiger partial charge in [0, 0.05) is 0 Å². The average Bonchev–Trinajstić information content (AvgIpc) is 1.65. The Hall–Kier alpha value is -0.300. The van der Waals surface area contributed by atoms with Gasteiger partial charge in [-0.1, -0.05) is 6.08 Å². The molecule has 0 aliphatic carbocycles. The first kappa shape index (κ1) is 5.70. The molecule has 0 saturated heterocycles. The Kier molecular flexibility index (Phi) is 2.77. The van der Waals surface area contributed by atoms with Crippen molar-refractivity contribution >= 4 is 0 Å². The van der Waals surface area contributed by atoms with Crippen molar-refractivity contribution in [3.63, 3.8) is 0 Å². The number of hydrogen-bond donors (Lipinski definition) is 1. The molecule has 0 aromatic rings. The maximum absolute atomic E-state index is 8.20. The van der Waals surface area contributed by atoms with E-state index >= 15 is 0 Å². The predicted molar refractivity (Wildman–Crippen MR) is 26.2 cm³/mol. The van der Waals surface area contributed by atoms with Gasteiger partial charge in [-0.05, 0) is 19.4 Å². The van der Waals surface area contributed by atoms with Gasteiger partial charge in [0.05, 0.1) is 6.61 Å². The van der Waals surface area contributed by atoms with Crippen LogP contribution in [-0.2, 0) is 0 Å². The largest absolute Gasteiger partial charge is 0.392 e. The number of aliphatic hydroxyl groups excluding tert-OH is 1. The maximum atomic E-state index is 8.20. The van der Waals surface area contributed by atoms with Gasteiger partial charge in [0.1, 0.15) is 0 Å². The Balaban J connectivity index is 3.22. The number of aliphatic hydroxyl groups is 1. The number of allylic oxidation sites excluding steroid dienone is 1. The Morgan fingerprint density at radius 2 is 2.50 bits per heavy atom. The molecule has 0 saturated carbocycles. The van der Waals surface area contributed by atoms with Crippen LogP contribution in [0.3, 0.4) is 0 Å². The van der Waals surface area contributed by atoms with Gasteiger partial charge in [-0.2, -0.15) is 0 Å². The van der Waals surface area contributed by atoms with Crippen molar-refractivity contribution in [3.05, 3.63) is 18.6 Å². The van der Waals surface area contributed by atoms with Crippen LogP contribution in [0.15, 0.2) is 11.6 Å². The van der Waals surface area contributed by atoms with E-state index in [2.05, 4.69) is 6.92 Å². The van der Waals surface area contributed by atoms with Crippen molar-refractivity contribution in [1.29, 1.82) is 0 Å². The van der Waals surface area contributed by atoms with Crippen LogP contribution >= 0.6 is 0 Å². The standard InChI is InChI=1S/C5H9O/c1-3-5(2)4-6/h3,6H,2,4H2,1H3. The van der Waals surface area contributed by atoms with E-state index in [1.807, 2.05) is 6.92 Å². The minimum absolute atomic E-state index is 0.0799. The van der Waals surface area contributed by atoms with E-state index in [1.54, 1.807) is 6.08 Å². The first-order valence-electron chi connectivity index (χ1n) is 1.89. The fraction of sp³-hybridized carbons (Fsp3) is 0.400. The molecule has 35 valence electrons. The van der Waals surface area contributed by atoms with Crippen LogP contribution in [0.4, 0.5) is 0 Å². The lowest BCUT2D eigenvalue weighted by atomic mass is 10.3. The van der Waals surface area contributed by atoms with Crippen LogP contribution in [0, 0.1) is 6.92 Å². The summed E-state index contributed by atoms with van der Waals surface area (Å²) in [6.07, 6.45) is 1.78. The molecule has 6 heavy (non-hydrogen) atoms. The van der Waals surface area contributed by atoms with Crippen molar-refractivity contribution < 1.29 is 5.11 Å². The van der Waals surface area contributed by atoms with Crippen LogP contribution in [0.25, 0.3) is 0 Å². The minimum atomic E-state index is 0.0799. The zero-order valence-corrected chi connectivity index (χ0v) is 3.94. The molecule has 0 fully saturated rings. The smallest absolute Gasteiger partial charge is 0.0641 e. The summed E-state index contributed by atoms with van der Waals surface area (Å²) in [4.78, 5) is 0. The normalized spacial score (nSPS) is 12.2. The second kappa shape index (κ2) is 2.91. The van der Waals surface area contributed by atoms with Gasteiger partial charge in [-0.15, -0.1) is 0 Å². The molecule has 1 radical (unpaired) electrons. The van der Waals surface area contributed by atoms with E-state index in [1.165, 1.54) is 0 Å². The van der Waals surface area contributed by atoms with E-state index in [4.69, 9.17) is 5.11 Å². The fourth-order valence-electron chi connectivity index (χ4n) is 0.0913. The van der Waals surface area contributed by atoms with Crippen molar-refractivity contribution in [2.45, 2.75) is 6.92 Å². The summed E-state index contributed by atoms with van der Waals surface area (Å²) >= 11 is 0. The molecule has 0 bridgehead atoms.